The van der Waals surface area contributed by atoms with E-state index >= 15 is 0 Å². The molecule has 0 unspecified atom stereocenters. The summed E-state index contributed by atoms with van der Waals surface area (Å²) < 4.78 is 41.9. The van der Waals surface area contributed by atoms with Crippen LogP contribution in [0.5, 0.6) is 0 Å². The first-order valence-corrected chi connectivity index (χ1v) is 10.1. The van der Waals surface area contributed by atoms with E-state index in [1.165, 1.54) is 11.4 Å². The summed E-state index contributed by atoms with van der Waals surface area (Å²) in [5.41, 5.74) is -0.0133. The van der Waals surface area contributed by atoms with Crippen LogP contribution in [0.4, 0.5) is 14.2 Å². The topological polar surface area (TPSA) is 119 Å². The number of rotatable bonds is 6. The van der Waals surface area contributed by atoms with Crippen LogP contribution in [0.2, 0.25) is 0 Å². The van der Waals surface area contributed by atoms with E-state index in [1.54, 1.807) is 6.92 Å². The molecule has 0 aliphatic rings. The highest BCUT2D eigenvalue weighted by molar-refractivity contribution is 7.92. The molecular weight excluding hydrogens is 399 g/mol. The van der Waals surface area contributed by atoms with Crippen molar-refractivity contribution in [2.75, 3.05) is 17.7 Å². The van der Waals surface area contributed by atoms with Gasteiger partial charge in [0.1, 0.15) is 16.6 Å². The number of halogens is 1. The van der Waals surface area contributed by atoms with Gasteiger partial charge in [-0.2, -0.15) is 0 Å². The quantitative estimate of drug-likeness (QED) is 0.700. The van der Waals surface area contributed by atoms with Crippen molar-refractivity contribution in [3.8, 4) is 0 Å². The van der Waals surface area contributed by atoms with Crippen molar-refractivity contribution in [2.24, 2.45) is 0 Å². The van der Waals surface area contributed by atoms with Crippen molar-refractivity contribution in [2.45, 2.75) is 11.8 Å². The average molecular weight is 414 g/mol. The largest absolute Gasteiger partial charge is 0.450 e. The van der Waals surface area contributed by atoms with Crippen molar-refractivity contribution >= 4 is 44.1 Å². The summed E-state index contributed by atoms with van der Waals surface area (Å²) in [4.78, 5) is 35.2. The Balaban J connectivity index is 2.06. The number of imide groups is 1. The molecule has 0 atom stereocenters. The maximum absolute atomic E-state index is 12.9. The fourth-order valence-corrected chi connectivity index (χ4v) is 3.91. The smallest absolute Gasteiger partial charge is 0.414 e. The highest BCUT2D eigenvalue weighted by Crippen LogP contribution is 2.23. The Morgan fingerprint density at radius 2 is 1.81 bits per heavy atom. The molecule has 2 rings (SSSR count). The zero-order chi connectivity index (χ0) is 20.0. The molecule has 1 aromatic carbocycles. The minimum Gasteiger partial charge on any atom is -0.450 e. The van der Waals surface area contributed by atoms with Gasteiger partial charge in [-0.1, -0.05) is 0 Å². The third-order valence-electron chi connectivity index (χ3n) is 3.15. The first-order chi connectivity index (χ1) is 12.7. The fourth-order valence-electron chi connectivity index (χ4n) is 1.97. The molecule has 0 bridgehead atoms. The van der Waals surface area contributed by atoms with E-state index in [1.807, 2.05) is 5.32 Å². The number of ether oxygens (including phenoxy) is 1. The molecule has 0 saturated heterocycles. The minimum absolute atomic E-state index is 0.0133. The Morgan fingerprint density at radius 3 is 2.44 bits per heavy atom. The zero-order valence-corrected chi connectivity index (χ0v) is 15.7. The van der Waals surface area contributed by atoms with Crippen LogP contribution in [0.25, 0.3) is 0 Å². The lowest BCUT2D eigenvalue weighted by Crippen LogP contribution is -2.31. The summed E-state index contributed by atoms with van der Waals surface area (Å²) in [6.07, 6.45) is -0.940. The van der Waals surface area contributed by atoms with Crippen LogP contribution in [-0.2, 0) is 19.4 Å². The SMILES string of the molecule is CCOC(=O)NC(=O)c1ccsc1NC(=O)CS(=O)(=O)c1ccc(F)cc1. The number of alkyl carbamates (subject to hydrolysis) is 1. The second-order valence-corrected chi connectivity index (χ2v) is 8.00. The molecule has 144 valence electrons. The Labute approximate surface area is 158 Å². The molecule has 0 fully saturated rings. The first-order valence-electron chi connectivity index (χ1n) is 7.56. The van der Waals surface area contributed by atoms with E-state index in [-0.39, 0.29) is 22.1 Å². The van der Waals surface area contributed by atoms with Crippen LogP contribution in [0, 0.1) is 5.82 Å². The van der Waals surface area contributed by atoms with E-state index < -0.39 is 39.3 Å². The number of carbonyl (C=O) groups excluding carboxylic acids is 3. The lowest BCUT2D eigenvalue weighted by molar-refractivity contribution is -0.113. The minimum atomic E-state index is -3.99. The summed E-state index contributed by atoms with van der Waals surface area (Å²) in [5, 5.41) is 5.88. The van der Waals surface area contributed by atoms with Crippen LogP contribution < -0.4 is 10.6 Å². The van der Waals surface area contributed by atoms with Crippen molar-refractivity contribution < 1.29 is 31.9 Å². The van der Waals surface area contributed by atoms with Gasteiger partial charge in [-0.3, -0.25) is 14.9 Å². The molecule has 0 saturated carbocycles. The predicted octanol–water partition coefficient (Wildman–Crippen LogP) is 2.19. The molecule has 0 radical (unpaired) electrons. The normalized spacial score (nSPS) is 10.9. The van der Waals surface area contributed by atoms with Crippen molar-refractivity contribution in [1.82, 2.24) is 5.32 Å². The summed E-state index contributed by atoms with van der Waals surface area (Å²) in [5.74, 6) is -3.18. The van der Waals surface area contributed by atoms with E-state index in [9.17, 15) is 27.2 Å². The molecule has 2 N–H and O–H groups in total. The van der Waals surface area contributed by atoms with Crippen molar-refractivity contribution in [3.05, 3.63) is 47.1 Å². The van der Waals surface area contributed by atoms with Crippen LogP contribution >= 0.6 is 11.3 Å². The Hall–Kier alpha value is -2.79. The second kappa shape index (κ2) is 8.73. The number of benzene rings is 1. The van der Waals surface area contributed by atoms with Gasteiger partial charge in [0.25, 0.3) is 5.91 Å². The lowest BCUT2D eigenvalue weighted by Gasteiger charge is -2.08. The molecule has 2 aromatic rings. The number of anilines is 1. The van der Waals surface area contributed by atoms with Gasteiger partial charge in [0.05, 0.1) is 17.1 Å². The van der Waals surface area contributed by atoms with E-state index in [0.717, 1.165) is 35.6 Å². The lowest BCUT2D eigenvalue weighted by atomic mass is 10.3. The van der Waals surface area contributed by atoms with Gasteiger partial charge in [-0.25, -0.2) is 17.6 Å². The maximum Gasteiger partial charge on any atom is 0.414 e. The van der Waals surface area contributed by atoms with Crippen LogP contribution in [0.15, 0.2) is 40.6 Å². The van der Waals surface area contributed by atoms with Gasteiger partial charge in [0.15, 0.2) is 9.84 Å². The Kier molecular flexibility index (Phi) is 6.64. The fraction of sp³-hybridized carbons (Fsp3) is 0.188. The van der Waals surface area contributed by atoms with Crippen LogP contribution in [0.1, 0.15) is 17.3 Å². The molecule has 27 heavy (non-hydrogen) atoms. The standard InChI is InChI=1S/C16H15FN2O6S2/c1-2-25-16(22)19-14(21)12-7-8-26-15(12)18-13(20)9-27(23,24)11-5-3-10(17)4-6-11/h3-8H,2,9H2,1H3,(H,18,20)(H,19,21,22). The number of sulfone groups is 1. The van der Waals surface area contributed by atoms with E-state index in [0.29, 0.717) is 0 Å². The molecule has 0 aliphatic carbocycles. The first kappa shape index (κ1) is 20.5. The molecule has 11 heteroatoms. The van der Waals surface area contributed by atoms with Gasteiger partial charge in [-0.05, 0) is 42.6 Å². The van der Waals surface area contributed by atoms with E-state index in [2.05, 4.69) is 10.1 Å². The Bertz CT molecular complexity index is 954. The van der Waals surface area contributed by atoms with Gasteiger partial charge in [-0.15, -0.1) is 11.3 Å². The predicted molar refractivity (Wildman–Crippen MR) is 95.9 cm³/mol. The number of amides is 3. The van der Waals surface area contributed by atoms with Gasteiger partial charge < -0.3 is 10.1 Å². The average Bonchev–Trinajstić information content (AvgIpc) is 3.02. The third kappa shape index (κ3) is 5.59. The van der Waals surface area contributed by atoms with Crippen molar-refractivity contribution in [1.29, 1.82) is 0 Å². The van der Waals surface area contributed by atoms with Crippen molar-refractivity contribution in [3.63, 3.8) is 0 Å². The maximum atomic E-state index is 12.9. The monoisotopic (exact) mass is 414 g/mol. The van der Waals surface area contributed by atoms with Crippen LogP contribution in [0.3, 0.4) is 0 Å². The molecule has 8 nitrogen and oxygen atoms in total. The number of carbonyl (C=O) groups is 3. The van der Waals surface area contributed by atoms with Gasteiger partial charge >= 0.3 is 6.09 Å². The molecule has 3 amide bonds. The third-order valence-corrected chi connectivity index (χ3v) is 5.61. The number of nitrogens with one attached hydrogen (secondary N) is 2. The molecular formula is C16H15FN2O6S2. The molecule has 0 spiro atoms. The number of thiophene rings is 1. The second-order valence-electron chi connectivity index (χ2n) is 5.10. The summed E-state index contributed by atoms with van der Waals surface area (Å²) in [7, 11) is -3.99. The zero-order valence-electron chi connectivity index (χ0n) is 14.0. The Morgan fingerprint density at radius 1 is 1.15 bits per heavy atom. The number of hydrogen-bond acceptors (Lipinski definition) is 7. The highest BCUT2D eigenvalue weighted by atomic mass is 32.2. The molecule has 1 aromatic heterocycles. The summed E-state index contributed by atoms with van der Waals surface area (Å²) >= 11 is 0.981. The summed E-state index contributed by atoms with van der Waals surface area (Å²) in [6, 6.07) is 5.43. The molecule has 0 aliphatic heterocycles. The molecule has 1 heterocycles. The van der Waals surface area contributed by atoms with Gasteiger partial charge in [0.2, 0.25) is 5.91 Å². The van der Waals surface area contributed by atoms with E-state index in [4.69, 9.17) is 0 Å². The van der Waals surface area contributed by atoms with Crippen LogP contribution in [-0.4, -0.2) is 38.7 Å². The highest BCUT2D eigenvalue weighted by Gasteiger charge is 2.22. The summed E-state index contributed by atoms with van der Waals surface area (Å²) in [6.45, 7) is 1.65. The van der Waals surface area contributed by atoms with Gasteiger partial charge in [0, 0.05) is 0 Å². The number of hydrogen-bond donors (Lipinski definition) is 2.